The van der Waals surface area contributed by atoms with E-state index in [9.17, 15) is 9.59 Å². The minimum atomic E-state index is -0.497. The van der Waals surface area contributed by atoms with Crippen molar-refractivity contribution in [3.8, 4) is 5.75 Å². The zero-order chi connectivity index (χ0) is 22.7. The molecule has 6 heteroatoms. The summed E-state index contributed by atoms with van der Waals surface area (Å²) in [7, 11) is 1.90. The highest BCUT2D eigenvalue weighted by Gasteiger charge is 2.33. The van der Waals surface area contributed by atoms with Crippen LogP contribution >= 0.6 is 0 Å². The molecule has 6 nitrogen and oxygen atoms in total. The van der Waals surface area contributed by atoms with E-state index in [1.807, 2.05) is 48.3 Å². The fourth-order valence-electron chi connectivity index (χ4n) is 4.79. The second kappa shape index (κ2) is 9.74. The number of benzene rings is 2. The maximum atomic E-state index is 13.5. The van der Waals surface area contributed by atoms with Gasteiger partial charge in [0, 0.05) is 32.7 Å². The lowest BCUT2D eigenvalue weighted by molar-refractivity contribution is -0.140. The average Bonchev–Trinajstić information content (AvgIpc) is 3.21. The van der Waals surface area contributed by atoms with Gasteiger partial charge in [0.15, 0.2) is 6.10 Å². The number of likely N-dealkylation sites (N-methyl/N-ethyl adjacent to an activating group) is 1. The summed E-state index contributed by atoms with van der Waals surface area (Å²) in [5.41, 5.74) is 2.93. The third kappa shape index (κ3) is 5.13. The van der Waals surface area contributed by atoms with Gasteiger partial charge in [0.1, 0.15) is 5.75 Å². The number of aryl methyl sites for hydroxylation is 1. The first-order chi connectivity index (χ1) is 15.4. The molecule has 0 bridgehead atoms. The minimum Gasteiger partial charge on any atom is -0.480 e. The number of nitrogens with zero attached hydrogens (tertiary/aromatic N) is 2. The molecule has 0 aromatic heterocycles. The second-order valence-electron chi connectivity index (χ2n) is 9.18. The summed E-state index contributed by atoms with van der Waals surface area (Å²) >= 11 is 0. The predicted molar refractivity (Wildman–Crippen MR) is 126 cm³/mol. The zero-order valence-electron chi connectivity index (χ0n) is 19.2. The van der Waals surface area contributed by atoms with Crippen LogP contribution in [0.25, 0.3) is 0 Å². The second-order valence-corrected chi connectivity index (χ2v) is 9.18. The maximum Gasteiger partial charge on any atom is 0.263 e. The summed E-state index contributed by atoms with van der Waals surface area (Å²) in [6.07, 6.45) is 2.08. The largest absolute Gasteiger partial charge is 0.480 e. The Labute approximate surface area is 190 Å². The summed E-state index contributed by atoms with van der Waals surface area (Å²) in [4.78, 5) is 29.2. The van der Waals surface area contributed by atoms with E-state index >= 15 is 0 Å². The molecule has 1 saturated heterocycles. The van der Waals surface area contributed by atoms with Gasteiger partial charge in [0.2, 0.25) is 5.91 Å². The van der Waals surface area contributed by atoms with Gasteiger partial charge in [-0.2, -0.15) is 0 Å². The predicted octanol–water partition coefficient (Wildman–Crippen LogP) is 3.88. The number of hydrogen-bond acceptors (Lipinski definition) is 4. The number of amides is 2. The van der Waals surface area contributed by atoms with Gasteiger partial charge in [-0.1, -0.05) is 37.3 Å². The molecule has 2 heterocycles. The molecule has 0 saturated carbocycles. The average molecular weight is 436 g/mol. The fraction of sp³-hybridized carbons (Fsp3) is 0.462. The molecule has 32 heavy (non-hydrogen) atoms. The van der Waals surface area contributed by atoms with Crippen molar-refractivity contribution in [2.24, 2.45) is 5.92 Å². The molecule has 2 aromatic carbocycles. The van der Waals surface area contributed by atoms with Crippen LogP contribution in [0.15, 0.2) is 48.5 Å². The molecule has 0 radical (unpaired) electrons. The highest BCUT2D eigenvalue weighted by molar-refractivity contribution is 5.89. The molecule has 2 aliphatic heterocycles. The van der Waals surface area contributed by atoms with Gasteiger partial charge in [0.05, 0.1) is 6.04 Å². The van der Waals surface area contributed by atoms with Gasteiger partial charge >= 0.3 is 0 Å². The zero-order valence-corrected chi connectivity index (χ0v) is 19.2. The first kappa shape index (κ1) is 22.3. The van der Waals surface area contributed by atoms with Crippen LogP contribution in [0, 0.1) is 5.92 Å². The van der Waals surface area contributed by atoms with Crippen LogP contribution in [0.5, 0.6) is 5.75 Å². The quantitative estimate of drug-likeness (QED) is 0.748. The van der Waals surface area contributed by atoms with E-state index in [0.717, 1.165) is 48.6 Å². The van der Waals surface area contributed by atoms with Crippen molar-refractivity contribution in [3.05, 3.63) is 59.7 Å². The van der Waals surface area contributed by atoms with Gasteiger partial charge < -0.3 is 19.9 Å². The topological polar surface area (TPSA) is 61.9 Å². The van der Waals surface area contributed by atoms with Crippen molar-refractivity contribution in [2.45, 2.75) is 45.3 Å². The number of nitrogens with one attached hydrogen (secondary N) is 1. The van der Waals surface area contributed by atoms with Crippen molar-refractivity contribution < 1.29 is 14.3 Å². The standard InChI is InChI=1S/C26H33N3O3/c1-18-13-14-29(16-18)17-23(20-7-5-4-6-8-20)28(3)26(31)25-11-9-21-15-22(27-19(2)30)10-12-24(21)32-25/h4-8,10,12,15,18,23,25H,9,11,13-14,16-17H2,1-3H3,(H,27,30)/t18-,23+,25?/m0/s1. The Morgan fingerprint density at radius 1 is 1.19 bits per heavy atom. The number of ether oxygens (including phenoxy) is 1. The molecular formula is C26H33N3O3. The molecule has 3 atom stereocenters. The number of rotatable bonds is 6. The lowest BCUT2D eigenvalue weighted by atomic mass is 9.99. The molecule has 4 rings (SSSR count). The Bertz CT molecular complexity index is 962. The number of fused-ring (bicyclic) bond motifs is 1. The van der Waals surface area contributed by atoms with Crippen molar-refractivity contribution >= 4 is 17.5 Å². The van der Waals surface area contributed by atoms with Gasteiger partial charge in [-0.05, 0) is 61.1 Å². The van der Waals surface area contributed by atoms with Gasteiger partial charge in [-0.3, -0.25) is 9.59 Å². The van der Waals surface area contributed by atoms with Crippen LogP contribution in [-0.4, -0.2) is 54.4 Å². The maximum absolute atomic E-state index is 13.5. The van der Waals surface area contributed by atoms with E-state index in [1.54, 1.807) is 0 Å². The number of anilines is 1. The minimum absolute atomic E-state index is 0.0128. The summed E-state index contributed by atoms with van der Waals surface area (Å²) < 4.78 is 6.13. The summed E-state index contributed by atoms with van der Waals surface area (Å²) in [6.45, 7) is 6.77. The van der Waals surface area contributed by atoms with E-state index in [0.29, 0.717) is 12.3 Å². The van der Waals surface area contributed by atoms with Gasteiger partial charge in [-0.25, -0.2) is 0 Å². The number of carbonyl (C=O) groups excluding carboxylic acids is 2. The van der Waals surface area contributed by atoms with Gasteiger partial charge in [-0.15, -0.1) is 0 Å². The Kier molecular flexibility index (Phi) is 6.80. The van der Waals surface area contributed by atoms with Crippen molar-refractivity contribution in [1.29, 1.82) is 0 Å². The van der Waals surface area contributed by atoms with Crippen molar-refractivity contribution in [2.75, 3.05) is 32.0 Å². The molecule has 0 spiro atoms. The number of carbonyl (C=O) groups is 2. The van der Waals surface area contributed by atoms with Crippen LogP contribution in [0.4, 0.5) is 5.69 Å². The molecule has 170 valence electrons. The van der Waals surface area contributed by atoms with Crippen LogP contribution in [0.1, 0.15) is 43.9 Å². The normalized spacial score (nSPS) is 21.3. The van der Waals surface area contributed by atoms with E-state index in [2.05, 4.69) is 29.3 Å². The van der Waals surface area contributed by atoms with Crippen LogP contribution in [-0.2, 0) is 16.0 Å². The summed E-state index contributed by atoms with van der Waals surface area (Å²) in [6, 6.07) is 15.9. The Balaban J connectivity index is 1.48. The number of likely N-dealkylation sites (tertiary alicyclic amines) is 1. The van der Waals surface area contributed by atoms with E-state index < -0.39 is 6.10 Å². The Morgan fingerprint density at radius 2 is 1.97 bits per heavy atom. The van der Waals surface area contributed by atoms with Crippen LogP contribution in [0.3, 0.4) is 0 Å². The first-order valence-corrected chi connectivity index (χ1v) is 11.5. The van der Waals surface area contributed by atoms with Crippen molar-refractivity contribution in [3.63, 3.8) is 0 Å². The highest BCUT2D eigenvalue weighted by atomic mass is 16.5. The molecule has 0 aliphatic carbocycles. The van der Waals surface area contributed by atoms with Crippen LogP contribution in [0.2, 0.25) is 0 Å². The molecule has 2 amide bonds. The Morgan fingerprint density at radius 3 is 2.66 bits per heavy atom. The molecular weight excluding hydrogens is 402 g/mol. The SMILES string of the molecule is CC(=O)Nc1ccc2c(c1)CCC(C(=O)N(C)[C@H](CN1CC[C@H](C)C1)c1ccccc1)O2. The van der Waals surface area contributed by atoms with Crippen molar-refractivity contribution in [1.82, 2.24) is 9.80 Å². The van der Waals surface area contributed by atoms with E-state index in [-0.39, 0.29) is 17.9 Å². The fourth-order valence-corrected chi connectivity index (χ4v) is 4.79. The highest BCUT2D eigenvalue weighted by Crippen LogP contribution is 2.32. The molecule has 2 aromatic rings. The lowest BCUT2D eigenvalue weighted by Gasteiger charge is -2.35. The monoisotopic (exact) mass is 435 g/mol. The lowest BCUT2D eigenvalue weighted by Crippen LogP contribution is -2.46. The first-order valence-electron chi connectivity index (χ1n) is 11.5. The molecule has 2 aliphatic rings. The van der Waals surface area contributed by atoms with E-state index in [1.165, 1.54) is 13.3 Å². The Hall–Kier alpha value is -2.86. The number of hydrogen-bond donors (Lipinski definition) is 1. The molecule has 1 unspecified atom stereocenters. The molecule has 1 fully saturated rings. The third-order valence-corrected chi connectivity index (χ3v) is 6.54. The third-order valence-electron chi connectivity index (χ3n) is 6.54. The smallest absolute Gasteiger partial charge is 0.263 e. The van der Waals surface area contributed by atoms with E-state index in [4.69, 9.17) is 4.74 Å². The van der Waals surface area contributed by atoms with Crippen LogP contribution < -0.4 is 10.1 Å². The summed E-state index contributed by atoms with van der Waals surface area (Å²) in [5, 5.41) is 2.80. The van der Waals surface area contributed by atoms with Gasteiger partial charge in [0.25, 0.3) is 5.91 Å². The molecule has 1 N–H and O–H groups in total. The summed E-state index contributed by atoms with van der Waals surface area (Å²) in [5.74, 6) is 1.34.